The Balaban J connectivity index is 3.15. The number of hydrogen-bond acceptors (Lipinski definition) is 2. The van der Waals surface area contributed by atoms with E-state index in [2.05, 4.69) is 15.9 Å². The van der Waals surface area contributed by atoms with Crippen molar-refractivity contribution in [3.63, 3.8) is 0 Å². The zero-order chi connectivity index (χ0) is 6.41. The fourth-order valence-electron chi connectivity index (χ4n) is 0.260. The van der Waals surface area contributed by atoms with Crippen molar-refractivity contribution in [2.24, 2.45) is 0 Å². The molecule has 44 valence electrons. The van der Waals surface area contributed by atoms with Gasteiger partial charge in [-0.05, 0) is 0 Å². The Morgan fingerprint density at radius 1 is 1.88 bits per heavy atom. The van der Waals surface area contributed by atoms with E-state index in [-0.39, 0.29) is 0 Å². The van der Waals surface area contributed by atoms with E-state index in [1.54, 1.807) is 7.11 Å². The van der Waals surface area contributed by atoms with E-state index in [0.717, 1.165) is 4.57 Å². The normalized spacial score (nSPS) is 8.00. The van der Waals surface area contributed by atoms with E-state index < -0.39 is 0 Å². The molecule has 0 N–H and O–H groups in total. The molecule has 2 nitrogen and oxygen atoms in total. The third-order valence-corrected chi connectivity index (χ3v) is 1.25. The average molecular weight is 149 g/mol. The molecule has 0 spiro atoms. The minimum atomic E-state index is 0.524. The van der Waals surface area contributed by atoms with Crippen molar-refractivity contribution in [1.82, 2.24) is 0 Å². The molecule has 0 saturated heterocycles. The maximum atomic E-state index is 8.08. The Morgan fingerprint density at radius 2 is 2.50 bits per heavy atom. The summed E-state index contributed by atoms with van der Waals surface area (Å²) >= 11 is 2.70. The van der Waals surface area contributed by atoms with Crippen LogP contribution in [0.5, 0.6) is 0 Å². The molecule has 0 aromatic heterocycles. The summed E-state index contributed by atoms with van der Waals surface area (Å²) < 4.78 is 5.56. The third-order valence-electron chi connectivity index (χ3n) is 0.669. The molecule has 0 aromatic carbocycles. The summed E-state index contributed by atoms with van der Waals surface area (Å²) in [5.74, 6) is 0. The van der Waals surface area contributed by atoms with Crippen LogP contribution >= 0.6 is 0 Å². The van der Waals surface area contributed by atoms with E-state index >= 15 is 0 Å². The maximum absolute atomic E-state index is 8.08. The molecule has 0 aromatic rings. The first-order chi connectivity index (χ1) is 3.81. The second-order valence-electron chi connectivity index (χ2n) is 1.23. The summed E-state index contributed by atoms with van der Waals surface area (Å²) in [7, 11) is 1.59. The number of hydrogen-bond donors (Lipinski definition) is 0. The van der Waals surface area contributed by atoms with Crippen LogP contribution in [0.15, 0.2) is 0 Å². The molecule has 0 rings (SSSR count). The molecule has 0 aliphatic carbocycles. The fraction of sp³-hybridized carbons (Fsp3) is 0.600. The first kappa shape index (κ1) is 7.85. The van der Waals surface area contributed by atoms with Crippen molar-refractivity contribution < 1.29 is 20.6 Å². The summed E-state index contributed by atoms with van der Waals surface area (Å²) in [5.41, 5.74) is 0. The summed E-state index contributed by atoms with van der Waals surface area (Å²) in [4.78, 5) is 0. The van der Waals surface area contributed by atoms with E-state index in [9.17, 15) is 0 Å². The van der Waals surface area contributed by atoms with Gasteiger partial charge in [-0.25, -0.2) is 0 Å². The second kappa shape index (κ2) is 5.00. The zero-order valence-corrected chi connectivity index (χ0v) is 5.95. The second-order valence-corrected chi connectivity index (χ2v) is 1.95. The van der Waals surface area contributed by atoms with Gasteiger partial charge in [0, 0.05) is 0 Å². The topological polar surface area (TPSA) is 33.0 Å². The molecule has 8 heavy (non-hydrogen) atoms. The average Bonchev–Trinajstić information content (AvgIpc) is 1.83. The molecule has 0 aliphatic rings. The van der Waals surface area contributed by atoms with Crippen LogP contribution in [0.4, 0.5) is 0 Å². The van der Waals surface area contributed by atoms with Crippen LogP contribution in [0, 0.1) is 11.3 Å². The zero-order valence-electron chi connectivity index (χ0n) is 4.68. The van der Waals surface area contributed by atoms with Crippen LogP contribution in [-0.4, -0.2) is 11.7 Å². The standard InChI is InChI=1S/C5H7NO.Cr/c1-7-5-3-2-4-6;/h2-3H2,1H3;. The van der Waals surface area contributed by atoms with Gasteiger partial charge in [-0.2, -0.15) is 0 Å². The van der Waals surface area contributed by atoms with Crippen LogP contribution in [0.25, 0.3) is 0 Å². The number of ether oxygens (including phenoxy) is 1. The fourth-order valence-corrected chi connectivity index (χ4v) is 0.419. The van der Waals surface area contributed by atoms with Gasteiger partial charge in [0.25, 0.3) is 0 Å². The summed E-state index contributed by atoms with van der Waals surface area (Å²) in [6.45, 7) is 0. The van der Waals surface area contributed by atoms with Crippen LogP contribution in [0.2, 0.25) is 0 Å². The number of rotatable bonds is 3. The Kier molecular flexibility index (Phi) is 4.91. The van der Waals surface area contributed by atoms with Crippen molar-refractivity contribution in [3.8, 4) is 6.07 Å². The Labute approximate surface area is 57.0 Å². The van der Waals surface area contributed by atoms with Crippen molar-refractivity contribution in [2.45, 2.75) is 12.8 Å². The van der Waals surface area contributed by atoms with Gasteiger partial charge in [0.2, 0.25) is 0 Å². The van der Waals surface area contributed by atoms with Gasteiger partial charge >= 0.3 is 56.4 Å². The van der Waals surface area contributed by atoms with Crippen molar-refractivity contribution in [1.29, 1.82) is 5.26 Å². The van der Waals surface area contributed by atoms with Crippen molar-refractivity contribution in [2.75, 3.05) is 7.11 Å². The molecule has 0 saturated carbocycles. The molecule has 0 unspecified atom stereocenters. The van der Waals surface area contributed by atoms with Gasteiger partial charge in [-0.15, -0.1) is 0 Å². The first-order valence-electron chi connectivity index (χ1n) is 2.25. The number of nitrogens with zero attached hydrogens (tertiary/aromatic N) is 1. The predicted octanol–water partition coefficient (Wildman–Crippen LogP) is 0.613. The van der Waals surface area contributed by atoms with Crippen LogP contribution < -0.4 is 0 Å². The van der Waals surface area contributed by atoms with E-state index in [1.165, 1.54) is 0 Å². The number of methoxy groups -OCH3 is 1. The molecule has 0 heterocycles. The molecule has 0 aliphatic heterocycles. The minimum absolute atomic E-state index is 0.524. The summed E-state index contributed by atoms with van der Waals surface area (Å²) in [6, 6.07) is 2.01. The molecular formula is C5H7CrNO. The molecule has 0 amide bonds. The summed E-state index contributed by atoms with van der Waals surface area (Å²) in [6.07, 6.45) is 1.23. The first-order valence-corrected chi connectivity index (χ1v) is 2.88. The van der Waals surface area contributed by atoms with Gasteiger partial charge in [0.05, 0.1) is 0 Å². The van der Waals surface area contributed by atoms with E-state index in [4.69, 9.17) is 10.00 Å². The third kappa shape index (κ3) is 4.02. The van der Waals surface area contributed by atoms with Gasteiger partial charge in [-0.3, -0.25) is 0 Å². The molecule has 0 atom stereocenters. The number of nitriles is 1. The SMILES string of the molecule is CO[C](=[Cr])CCC#N. The molecular weight excluding hydrogens is 142 g/mol. The van der Waals surface area contributed by atoms with Crippen LogP contribution in [-0.2, 0) is 20.6 Å². The predicted molar refractivity (Wildman–Crippen MR) is 26.9 cm³/mol. The molecule has 0 fully saturated rings. The molecule has 3 heteroatoms. The van der Waals surface area contributed by atoms with Crippen LogP contribution in [0.1, 0.15) is 12.8 Å². The van der Waals surface area contributed by atoms with Crippen LogP contribution in [0.3, 0.4) is 0 Å². The van der Waals surface area contributed by atoms with Crippen molar-refractivity contribution in [3.05, 3.63) is 0 Å². The Morgan fingerprint density at radius 3 is 2.88 bits per heavy atom. The quantitative estimate of drug-likeness (QED) is 0.589. The summed E-state index contributed by atoms with van der Waals surface area (Å²) in [5, 5.41) is 8.08. The molecule has 0 radical (unpaired) electrons. The van der Waals surface area contributed by atoms with E-state index in [1.807, 2.05) is 6.07 Å². The Hall–Kier alpha value is -0.148. The Bertz CT molecular complexity index is 116. The van der Waals surface area contributed by atoms with Gasteiger partial charge in [0.15, 0.2) is 0 Å². The monoisotopic (exact) mass is 149 g/mol. The van der Waals surface area contributed by atoms with Crippen molar-refractivity contribution >= 4 is 4.57 Å². The van der Waals surface area contributed by atoms with Gasteiger partial charge < -0.3 is 0 Å². The van der Waals surface area contributed by atoms with Gasteiger partial charge in [-0.1, -0.05) is 0 Å². The van der Waals surface area contributed by atoms with Gasteiger partial charge in [0.1, 0.15) is 0 Å². The molecule has 0 bridgehead atoms. The van der Waals surface area contributed by atoms with E-state index in [0.29, 0.717) is 12.8 Å².